The standard InChI is InChI=1S/C16H20/c1-13-4-3-5-15(9-6-13)12-16-10-7-14(2)8-11-16/h5-11,13H,3-4,12H2,1-2H3. The summed E-state index contributed by atoms with van der Waals surface area (Å²) < 4.78 is 0. The molecule has 0 saturated carbocycles. The maximum absolute atomic E-state index is 2.39. The number of hydrogen-bond acceptors (Lipinski definition) is 0. The van der Waals surface area contributed by atoms with Crippen molar-refractivity contribution < 1.29 is 0 Å². The summed E-state index contributed by atoms with van der Waals surface area (Å²) in [5, 5.41) is 0. The molecule has 16 heavy (non-hydrogen) atoms. The van der Waals surface area contributed by atoms with Crippen molar-refractivity contribution in [3.63, 3.8) is 0 Å². The van der Waals surface area contributed by atoms with Crippen LogP contribution in [0, 0.1) is 12.8 Å². The van der Waals surface area contributed by atoms with E-state index >= 15 is 0 Å². The first-order valence-electron chi connectivity index (χ1n) is 6.17. The fraction of sp³-hybridized carbons (Fsp3) is 0.375. The molecular formula is C16H20. The largest absolute Gasteiger partial charge is 0.0814 e. The van der Waals surface area contributed by atoms with Gasteiger partial charge in [-0.3, -0.25) is 0 Å². The minimum atomic E-state index is 0.728. The SMILES string of the molecule is Cc1ccc(CC2=CCCC(C)C=C2)cc1. The maximum Gasteiger partial charge on any atom is -0.00290 e. The molecule has 0 aromatic heterocycles. The van der Waals surface area contributed by atoms with Crippen molar-refractivity contribution in [2.75, 3.05) is 0 Å². The van der Waals surface area contributed by atoms with Crippen molar-refractivity contribution in [1.29, 1.82) is 0 Å². The Morgan fingerprint density at radius 1 is 1.19 bits per heavy atom. The van der Waals surface area contributed by atoms with Crippen molar-refractivity contribution in [2.24, 2.45) is 5.92 Å². The summed E-state index contributed by atoms with van der Waals surface area (Å²) in [6.07, 6.45) is 10.6. The summed E-state index contributed by atoms with van der Waals surface area (Å²) in [6, 6.07) is 8.86. The van der Waals surface area contributed by atoms with Crippen LogP contribution in [0.3, 0.4) is 0 Å². The van der Waals surface area contributed by atoms with Gasteiger partial charge in [0.05, 0.1) is 0 Å². The Balaban J connectivity index is 2.06. The van der Waals surface area contributed by atoms with E-state index in [0.717, 1.165) is 12.3 Å². The molecule has 1 unspecified atom stereocenters. The van der Waals surface area contributed by atoms with Crippen molar-refractivity contribution in [3.8, 4) is 0 Å². The van der Waals surface area contributed by atoms with Gasteiger partial charge in [0.25, 0.3) is 0 Å². The smallest absolute Gasteiger partial charge is 0.00290 e. The topological polar surface area (TPSA) is 0 Å². The van der Waals surface area contributed by atoms with Gasteiger partial charge in [-0.15, -0.1) is 0 Å². The molecule has 1 aliphatic rings. The lowest BCUT2D eigenvalue weighted by Crippen LogP contribution is -1.87. The molecule has 84 valence electrons. The van der Waals surface area contributed by atoms with E-state index in [2.05, 4.69) is 56.3 Å². The van der Waals surface area contributed by atoms with Crippen LogP contribution in [-0.4, -0.2) is 0 Å². The zero-order chi connectivity index (χ0) is 11.4. The summed E-state index contributed by atoms with van der Waals surface area (Å²) in [5.74, 6) is 0.728. The van der Waals surface area contributed by atoms with Crippen LogP contribution in [0.15, 0.2) is 48.1 Å². The quantitative estimate of drug-likeness (QED) is 0.679. The first-order chi connectivity index (χ1) is 7.74. The average molecular weight is 212 g/mol. The van der Waals surface area contributed by atoms with E-state index in [1.807, 2.05) is 0 Å². The van der Waals surface area contributed by atoms with Gasteiger partial charge in [-0.05, 0) is 43.2 Å². The van der Waals surface area contributed by atoms with Crippen LogP contribution in [0.4, 0.5) is 0 Å². The van der Waals surface area contributed by atoms with Crippen molar-refractivity contribution in [2.45, 2.75) is 33.1 Å². The van der Waals surface area contributed by atoms with E-state index in [1.165, 1.54) is 29.5 Å². The molecule has 1 atom stereocenters. The third-order valence-electron chi connectivity index (χ3n) is 3.20. The van der Waals surface area contributed by atoms with Gasteiger partial charge in [-0.1, -0.05) is 55.0 Å². The molecular weight excluding hydrogens is 192 g/mol. The average Bonchev–Trinajstić information content (AvgIpc) is 2.47. The molecule has 0 fully saturated rings. The summed E-state index contributed by atoms with van der Waals surface area (Å²) in [5.41, 5.74) is 4.21. The van der Waals surface area contributed by atoms with Crippen LogP contribution in [-0.2, 0) is 6.42 Å². The molecule has 0 heterocycles. The lowest BCUT2D eigenvalue weighted by atomic mass is 10.0. The van der Waals surface area contributed by atoms with Gasteiger partial charge in [0.1, 0.15) is 0 Å². The monoisotopic (exact) mass is 212 g/mol. The molecule has 0 N–H and O–H groups in total. The third kappa shape index (κ3) is 3.10. The highest BCUT2D eigenvalue weighted by molar-refractivity contribution is 5.31. The molecule has 1 aromatic rings. The molecule has 0 spiro atoms. The van der Waals surface area contributed by atoms with Gasteiger partial charge >= 0.3 is 0 Å². The minimum Gasteiger partial charge on any atom is -0.0814 e. The number of rotatable bonds is 2. The van der Waals surface area contributed by atoms with Crippen molar-refractivity contribution in [3.05, 3.63) is 59.2 Å². The molecule has 0 radical (unpaired) electrons. The number of aryl methyl sites for hydroxylation is 1. The Hall–Kier alpha value is -1.30. The highest BCUT2D eigenvalue weighted by Crippen LogP contribution is 2.18. The summed E-state index contributed by atoms with van der Waals surface area (Å²) in [7, 11) is 0. The van der Waals surface area contributed by atoms with Gasteiger partial charge in [-0.25, -0.2) is 0 Å². The Morgan fingerprint density at radius 3 is 2.69 bits per heavy atom. The molecule has 2 rings (SSSR count). The highest BCUT2D eigenvalue weighted by Gasteiger charge is 2.03. The molecule has 0 saturated heterocycles. The van der Waals surface area contributed by atoms with Crippen LogP contribution in [0.25, 0.3) is 0 Å². The molecule has 1 aliphatic carbocycles. The highest BCUT2D eigenvalue weighted by atomic mass is 14.1. The Morgan fingerprint density at radius 2 is 1.94 bits per heavy atom. The van der Waals surface area contributed by atoms with Crippen molar-refractivity contribution in [1.82, 2.24) is 0 Å². The van der Waals surface area contributed by atoms with Gasteiger partial charge < -0.3 is 0 Å². The zero-order valence-electron chi connectivity index (χ0n) is 10.2. The predicted molar refractivity (Wildman–Crippen MR) is 70.5 cm³/mol. The molecule has 1 aromatic carbocycles. The van der Waals surface area contributed by atoms with E-state index in [-0.39, 0.29) is 0 Å². The van der Waals surface area contributed by atoms with Crippen LogP contribution < -0.4 is 0 Å². The molecule has 0 amide bonds. The fourth-order valence-corrected chi connectivity index (χ4v) is 2.06. The summed E-state index contributed by atoms with van der Waals surface area (Å²) >= 11 is 0. The lowest BCUT2D eigenvalue weighted by molar-refractivity contribution is 0.662. The fourth-order valence-electron chi connectivity index (χ4n) is 2.06. The summed E-state index contributed by atoms with van der Waals surface area (Å²) in [6.45, 7) is 4.43. The first kappa shape index (κ1) is 11.2. The van der Waals surface area contributed by atoms with Crippen molar-refractivity contribution >= 4 is 0 Å². The second-order valence-corrected chi connectivity index (χ2v) is 4.86. The van der Waals surface area contributed by atoms with E-state index in [4.69, 9.17) is 0 Å². The molecule has 0 bridgehead atoms. The van der Waals surface area contributed by atoms with Crippen LogP contribution >= 0.6 is 0 Å². The van der Waals surface area contributed by atoms with Crippen LogP contribution in [0.2, 0.25) is 0 Å². The van der Waals surface area contributed by atoms with Crippen LogP contribution in [0.5, 0.6) is 0 Å². The van der Waals surface area contributed by atoms with Crippen LogP contribution in [0.1, 0.15) is 30.9 Å². The molecule has 0 nitrogen and oxygen atoms in total. The second kappa shape index (κ2) is 5.16. The van der Waals surface area contributed by atoms with Gasteiger partial charge in [0.15, 0.2) is 0 Å². The molecule has 0 heteroatoms. The predicted octanol–water partition coefficient (Wildman–Crippen LogP) is 4.45. The Kier molecular flexibility index (Phi) is 3.61. The van der Waals surface area contributed by atoms with Gasteiger partial charge in [0, 0.05) is 0 Å². The first-order valence-corrected chi connectivity index (χ1v) is 6.17. The van der Waals surface area contributed by atoms with E-state index in [1.54, 1.807) is 0 Å². The number of allylic oxidation sites excluding steroid dienone is 4. The van der Waals surface area contributed by atoms with E-state index in [0.29, 0.717) is 0 Å². The zero-order valence-corrected chi connectivity index (χ0v) is 10.2. The summed E-state index contributed by atoms with van der Waals surface area (Å²) in [4.78, 5) is 0. The third-order valence-corrected chi connectivity index (χ3v) is 3.20. The normalized spacial score (nSPS) is 20.4. The second-order valence-electron chi connectivity index (χ2n) is 4.86. The van der Waals surface area contributed by atoms with E-state index < -0.39 is 0 Å². The Labute approximate surface area is 98.7 Å². The number of benzene rings is 1. The molecule has 0 aliphatic heterocycles. The minimum absolute atomic E-state index is 0.728. The number of hydrogen-bond donors (Lipinski definition) is 0. The Bertz CT molecular complexity index is 393. The maximum atomic E-state index is 2.39. The van der Waals surface area contributed by atoms with Gasteiger partial charge in [0.2, 0.25) is 0 Å². The van der Waals surface area contributed by atoms with E-state index in [9.17, 15) is 0 Å². The lowest BCUT2D eigenvalue weighted by Gasteiger charge is -2.02. The van der Waals surface area contributed by atoms with Gasteiger partial charge in [-0.2, -0.15) is 0 Å².